The van der Waals surface area contributed by atoms with Crippen LogP contribution >= 0.6 is 22.7 Å². The van der Waals surface area contributed by atoms with Gasteiger partial charge in [0, 0.05) is 16.3 Å². The summed E-state index contributed by atoms with van der Waals surface area (Å²) in [5.74, 6) is -0.390. The monoisotopic (exact) mass is 481 g/mol. The van der Waals surface area contributed by atoms with Crippen LogP contribution in [0.15, 0.2) is 35.0 Å². The Hall–Kier alpha value is -2.59. The van der Waals surface area contributed by atoms with Gasteiger partial charge < -0.3 is 20.1 Å². The normalized spacial score (nSPS) is 11.4. The second-order valence-corrected chi connectivity index (χ2v) is 9.22. The Labute approximate surface area is 196 Å². The van der Waals surface area contributed by atoms with E-state index in [1.165, 1.54) is 7.11 Å². The van der Waals surface area contributed by atoms with E-state index >= 15 is 0 Å². The largest absolute Gasteiger partial charge is 0.469 e. The van der Waals surface area contributed by atoms with Crippen LogP contribution in [-0.2, 0) is 27.4 Å². The van der Waals surface area contributed by atoms with Crippen LogP contribution in [0.25, 0.3) is 0 Å². The number of carbonyl (C=O) groups excluding carboxylic acids is 3. The molecular formula is C22H31N3O5S2. The zero-order chi connectivity index (χ0) is 23.2. The number of thiophene rings is 2. The smallest absolute Gasteiger partial charge is 0.410 e. The lowest BCUT2D eigenvalue weighted by Crippen LogP contribution is -2.45. The average Bonchev–Trinajstić information content (AvgIpc) is 3.49. The fourth-order valence-electron chi connectivity index (χ4n) is 2.89. The minimum atomic E-state index is -0.416. The van der Waals surface area contributed by atoms with E-state index in [1.807, 2.05) is 35.0 Å². The number of rotatable bonds is 13. The molecular weight excluding hydrogens is 450 g/mol. The highest BCUT2D eigenvalue weighted by Crippen LogP contribution is 2.18. The highest BCUT2D eigenvalue weighted by molar-refractivity contribution is 7.10. The van der Waals surface area contributed by atoms with E-state index in [-0.39, 0.29) is 25.6 Å². The van der Waals surface area contributed by atoms with Gasteiger partial charge in [0.05, 0.1) is 32.7 Å². The lowest BCUT2D eigenvalue weighted by molar-refractivity contribution is -0.140. The summed E-state index contributed by atoms with van der Waals surface area (Å²) in [4.78, 5) is 40.0. The molecule has 2 N–H and O–H groups in total. The maximum Gasteiger partial charge on any atom is 0.410 e. The Kier molecular flexibility index (Phi) is 11.6. The number of hydrogen-bond donors (Lipinski definition) is 2. The molecule has 32 heavy (non-hydrogen) atoms. The maximum absolute atomic E-state index is 12.9. The number of esters is 1. The van der Waals surface area contributed by atoms with Crippen molar-refractivity contribution in [3.8, 4) is 0 Å². The molecule has 0 unspecified atom stereocenters. The van der Waals surface area contributed by atoms with E-state index in [9.17, 15) is 14.4 Å². The summed E-state index contributed by atoms with van der Waals surface area (Å²) in [6, 6.07) is 7.17. The van der Waals surface area contributed by atoms with Gasteiger partial charge in [0.1, 0.15) is 6.61 Å². The Morgan fingerprint density at radius 3 is 2.28 bits per heavy atom. The summed E-state index contributed by atoms with van der Waals surface area (Å²) < 4.78 is 10.2. The lowest BCUT2D eigenvalue weighted by atomic mass is 10.1. The number of urea groups is 1. The fraction of sp³-hybridized carbons (Fsp3) is 0.500. The molecule has 1 atom stereocenters. The van der Waals surface area contributed by atoms with E-state index in [4.69, 9.17) is 4.74 Å². The summed E-state index contributed by atoms with van der Waals surface area (Å²) in [6.07, 6.45) is 2.21. The molecule has 0 aliphatic heterocycles. The third-order valence-electron chi connectivity index (χ3n) is 4.60. The molecule has 0 saturated carbocycles. The zero-order valence-corrected chi connectivity index (χ0v) is 20.1. The molecule has 0 bridgehead atoms. The Balaban J connectivity index is 1.90. The quantitative estimate of drug-likeness (QED) is 0.414. The van der Waals surface area contributed by atoms with Crippen molar-refractivity contribution in [2.75, 3.05) is 20.3 Å². The second kappa shape index (κ2) is 14.5. The van der Waals surface area contributed by atoms with E-state index in [0.717, 1.165) is 22.6 Å². The van der Waals surface area contributed by atoms with Crippen molar-refractivity contribution in [1.82, 2.24) is 15.5 Å². The minimum Gasteiger partial charge on any atom is -0.469 e. The van der Waals surface area contributed by atoms with Gasteiger partial charge in [0.25, 0.3) is 0 Å². The molecule has 0 saturated heterocycles. The van der Waals surface area contributed by atoms with Gasteiger partial charge in [-0.1, -0.05) is 31.9 Å². The summed E-state index contributed by atoms with van der Waals surface area (Å²) >= 11 is 3.18. The van der Waals surface area contributed by atoms with Crippen LogP contribution in [0.4, 0.5) is 9.59 Å². The van der Waals surface area contributed by atoms with Gasteiger partial charge in [0.2, 0.25) is 0 Å². The molecule has 8 nitrogen and oxygen atoms in total. The topological polar surface area (TPSA) is 97.0 Å². The molecule has 2 aromatic heterocycles. The third kappa shape index (κ3) is 9.69. The van der Waals surface area contributed by atoms with Crippen molar-refractivity contribution in [2.45, 2.75) is 51.7 Å². The van der Waals surface area contributed by atoms with Crippen molar-refractivity contribution < 1.29 is 23.9 Å². The first-order chi connectivity index (χ1) is 15.5. The number of carbonyl (C=O) groups is 3. The SMILES string of the molecule is CCCC[C@@H](COC(=O)N(Cc1cccs1)Cc1cccs1)NC(=O)NCCC(=O)OC. The van der Waals surface area contributed by atoms with Crippen LogP contribution in [0, 0.1) is 0 Å². The number of methoxy groups -OCH3 is 1. The van der Waals surface area contributed by atoms with Crippen LogP contribution < -0.4 is 10.6 Å². The number of nitrogens with zero attached hydrogens (tertiary/aromatic N) is 1. The highest BCUT2D eigenvalue weighted by Gasteiger charge is 2.20. The van der Waals surface area contributed by atoms with Gasteiger partial charge in [0.15, 0.2) is 0 Å². The molecule has 2 rings (SSSR count). The van der Waals surface area contributed by atoms with Gasteiger partial charge in [-0.05, 0) is 29.3 Å². The first-order valence-corrected chi connectivity index (χ1v) is 12.3. The van der Waals surface area contributed by atoms with Crippen LogP contribution in [0.3, 0.4) is 0 Å². The number of amides is 3. The number of hydrogen-bond acceptors (Lipinski definition) is 7. The molecule has 10 heteroatoms. The molecule has 0 radical (unpaired) electrons. The van der Waals surface area contributed by atoms with E-state index < -0.39 is 18.1 Å². The minimum absolute atomic E-state index is 0.0780. The molecule has 0 fully saturated rings. The number of nitrogens with one attached hydrogen (secondary N) is 2. The van der Waals surface area contributed by atoms with Crippen molar-refractivity contribution in [3.05, 3.63) is 44.8 Å². The maximum atomic E-state index is 12.9. The van der Waals surface area contributed by atoms with Crippen molar-refractivity contribution in [3.63, 3.8) is 0 Å². The number of unbranched alkanes of at least 4 members (excludes halogenated alkanes) is 1. The van der Waals surface area contributed by atoms with E-state index in [2.05, 4.69) is 22.3 Å². The van der Waals surface area contributed by atoms with Gasteiger partial charge in [-0.15, -0.1) is 22.7 Å². The molecule has 0 aromatic carbocycles. The molecule has 3 amide bonds. The Bertz CT molecular complexity index is 775. The van der Waals surface area contributed by atoms with Gasteiger partial charge in [-0.2, -0.15) is 0 Å². The predicted octanol–water partition coefficient (Wildman–Crippen LogP) is 4.37. The molecule has 0 spiro atoms. The predicted molar refractivity (Wildman–Crippen MR) is 126 cm³/mol. The average molecular weight is 482 g/mol. The zero-order valence-electron chi connectivity index (χ0n) is 18.5. The van der Waals surface area contributed by atoms with Crippen LogP contribution in [-0.4, -0.2) is 49.3 Å². The number of ether oxygens (including phenoxy) is 2. The van der Waals surface area contributed by atoms with E-state index in [0.29, 0.717) is 19.5 Å². The molecule has 2 heterocycles. The second-order valence-electron chi connectivity index (χ2n) is 7.16. The first kappa shape index (κ1) is 25.7. The first-order valence-electron chi connectivity index (χ1n) is 10.6. The fourth-order valence-corrected chi connectivity index (χ4v) is 4.33. The summed E-state index contributed by atoms with van der Waals surface area (Å²) in [5, 5.41) is 9.42. The van der Waals surface area contributed by atoms with Crippen LogP contribution in [0.2, 0.25) is 0 Å². The van der Waals surface area contributed by atoms with Crippen molar-refractivity contribution >= 4 is 40.8 Å². The van der Waals surface area contributed by atoms with Crippen LogP contribution in [0.1, 0.15) is 42.4 Å². The van der Waals surface area contributed by atoms with E-state index in [1.54, 1.807) is 27.6 Å². The summed E-state index contributed by atoms with van der Waals surface area (Å²) in [7, 11) is 1.30. The molecule has 0 aliphatic rings. The summed E-state index contributed by atoms with van der Waals surface area (Å²) in [6.45, 7) is 3.25. The third-order valence-corrected chi connectivity index (χ3v) is 6.33. The standard InChI is InChI=1S/C22H31N3O5S2/c1-3-4-7-17(24-21(27)23-11-10-20(26)29-2)16-30-22(28)25(14-18-8-5-12-31-18)15-19-9-6-13-32-19/h5-6,8-9,12-13,17H,3-4,7,10-11,14-16H2,1-2H3,(H2,23,24,27)/t17-/m0/s1. The Morgan fingerprint density at radius 2 is 1.75 bits per heavy atom. The Morgan fingerprint density at radius 1 is 1.09 bits per heavy atom. The van der Waals surface area contributed by atoms with Gasteiger partial charge >= 0.3 is 18.1 Å². The highest BCUT2D eigenvalue weighted by atomic mass is 32.1. The van der Waals surface area contributed by atoms with Crippen molar-refractivity contribution in [1.29, 1.82) is 0 Å². The lowest BCUT2D eigenvalue weighted by Gasteiger charge is -2.24. The summed E-state index contributed by atoms with van der Waals surface area (Å²) in [5.41, 5.74) is 0. The van der Waals surface area contributed by atoms with Gasteiger partial charge in [-0.3, -0.25) is 9.69 Å². The van der Waals surface area contributed by atoms with Crippen LogP contribution in [0.5, 0.6) is 0 Å². The van der Waals surface area contributed by atoms with Gasteiger partial charge in [-0.25, -0.2) is 9.59 Å². The molecule has 2 aromatic rings. The molecule has 0 aliphatic carbocycles. The van der Waals surface area contributed by atoms with Crippen molar-refractivity contribution in [2.24, 2.45) is 0 Å². The molecule has 176 valence electrons.